The van der Waals surface area contributed by atoms with Gasteiger partial charge in [0.1, 0.15) is 23.8 Å². The van der Waals surface area contributed by atoms with E-state index in [4.69, 9.17) is 20.9 Å². The number of carbonyl (C=O) groups excluding carboxylic acids is 1. The summed E-state index contributed by atoms with van der Waals surface area (Å²) in [6.45, 7) is 3.61. The van der Waals surface area contributed by atoms with Crippen LogP contribution in [0, 0.1) is 17.0 Å². The fourth-order valence-corrected chi connectivity index (χ4v) is 4.21. The van der Waals surface area contributed by atoms with E-state index in [1.165, 1.54) is 18.5 Å². The van der Waals surface area contributed by atoms with Crippen LogP contribution in [0.1, 0.15) is 35.3 Å². The third kappa shape index (κ3) is 6.19. The molecule has 11 heteroatoms. The fraction of sp³-hybridized carbons (Fsp3) is 0.167. The molecule has 4 rings (SSSR count). The summed E-state index contributed by atoms with van der Waals surface area (Å²) >= 11 is 0. The highest BCUT2D eigenvalue weighted by Gasteiger charge is 2.25. The van der Waals surface area contributed by atoms with Gasteiger partial charge in [-0.05, 0) is 50.2 Å². The van der Waals surface area contributed by atoms with Gasteiger partial charge in [-0.25, -0.2) is 19.4 Å². The number of nitrogens with one attached hydrogen (secondary N) is 2. The lowest BCUT2D eigenvalue weighted by Crippen LogP contribution is -2.40. The van der Waals surface area contributed by atoms with Gasteiger partial charge in [0.2, 0.25) is 5.82 Å². The first-order valence-electron chi connectivity index (χ1n) is 12.7. The number of hydrogen-bond donors (Lipinski definition) is 3. The Morgan fingerprint density at radius 2 is 1.80 bits per heavy atom. The van der Waals surface area contributed by atoms with Crippen molar-refractivity contribution in [2.45, 2.75) is 19.9 Å². The van der Waals surface area contributed by atoms with E-state index in [1.54, 1.807) is 31.2 Å². The first kappa shape index (κ1) is 28.8. The molecule has 0 aliphatic heterocycles. The highest BCUT2D eigenvalue weighted by molar-refractivity contribution is 6.16. The topological polar surface area (TPSA) is 130 Å². The average molecular weight is 558 g/mol. The number of nitrogens with two attached hydrogens (primary N) is 1. The lowest BCUT2D eigenvalue weighted by atomic mass is 10.0. The number of anilines is 3. The smallest absolute Gasteiger partial charge is 0.201 e. The zero-order valence-electron chi connectivity index (χ0n) is 22.7. The number of aromatic nitrogens is 2. The van der Waals surface area contributed by atoms with Crippen molar-refractivity contribution in [2.24, 2.45) is 4.99 Å². The Bertz CT molecular complexity index is 1600. The molecule has 41 heavy (non-hydrogen) atoms. The van der Waals surface area contributed by atoms with Crippen molar-refractivity contribution in [1.29, 1.82) is 5.41 Å². The predicted molar refractivity (Wildman–Crippen MR) is 157 cm³/mol. The van der Waals surface area contributed by atoms with Gasteiger partial charge in [0.15, 0.2) is 17.9 Å². The van der Waals surface area contributed by atoms with Crippen LogP contribution < -0.4 is 20.7 Å². The molecule has 4 aromatic rings. The third-order valence-electron chi connectivity index (χ3n) is 6.27. The van der Waals surface area contributed by atoms with Crippen molar-refractivity contribution in [3.05, 3.63) is 101 Å². The molecule has 210 valence electrons. The summed E-state index contributed by atoms with van der Waals surface area (Å²) in [5, 5.41) is 11.9. The second-order valence-electron chi connectivity index (χ2n) is 8.94. The van der Waals surface area contributed by atoms with Crippen LogP contribution in [-0.4, -0.2) is 47.5 Å². The van der Waals surface area contributed by atoms with Crippen molar-refractivity contribution >= 4 is 40.8 Å². The van der Waals surface area contributed by atoms with Gasteiger partial charge in [0, 0.05) is 23.9 Å². The van der Waals surface area contributed by atoms with E-state index >= 15 is 4.39 Å². The zero-order valence-corrected chi connectivity index (χ0v) is 22.7. The van der Waals surface area contributed by atoms with Crippen molar-refractivity contribution < 1.29 is 18.3 Å². The van der Waals surface area contributed by atoms with Gasteiger partial charge in [-0.15, -0.1) is 0 Å². The molecule has 9 nitrogen and oxygen atoms in total. The van der Waals surface area contributed by atoms with E-state index in [-0.39, 0.29) is 35.1 Å². The van der Waals surface area contributed by atoms with E-state index < -0.39 is 23.4 Å². The number of benzene rings is 3. The molecule has 0 fully saturated rings. The van der Waals surface area contributed by atoms with Gasteiger partial charge in [0.25, 0.3) is 0 Å². The number of rotatable bonds is 10. The second-order valence-corrected chi connectivity index (χ2v) is 8.94. The van der Waals surface area contributed by atoms with E-state index in [0.29, 0.717) is 17.1 Å². The first-order valence-corrected chi connectivity index (χ1v) is 12.7. The minimum absolute atomic E-state index is 0.0168. The summed E-state index contributed by atoms with van der Waals surface area (Å²) in [6, 6.07) is 18.3. The van der Waals surface area contributed by atoms with E-state index in [1.807, 2.05) is 49.2 Å². The van der Waals surface area contributed by atoms with Gasteiger partial charge in [-0.1, -0.05) is 30.3 Å². The second kappa shape index (κ2) is 12.8. The molecule has 0 amide bonds. The molecular formula is C30H29F2N7O2. The number of aliphatic imine (C=N–C) groups is 1. The van der Waals surface area contributed by atoms with E-state index in [0.717, 1.165) is 12.0 Å². The molecule has 1 unspecified atom stereocenters. The molecule has 0 saturated carbocycles. The average Bonchev–Trinajstić information content (AvgIpc) is 2.98. The van der Waals surface area contributed by atoms with Crippen LogP contribution in [0.25, 0.3) is 0 Å². The number of nitrogen functional groups attached to an aromatic ring is 1. The maximum absolute atomic E-state index is 15.0. The number of hydrogen-bond acceptors (Lipinski definition) is 8. The van der Waals surface area contributed by atoms with Crippen LogP contribution >= 0.6 is 0 Å². The molecule has 0 radical (unpaired) electrons. The van der Waals surface area contributed by atoms with Crippen LogP contribution in [0.5, 0.6) is 5.75 Å². The molecular weight excluding hydrogens is 528 g/mol. The van der Waals surface area contributed by atoms with E-state index in [2.05, 4.69) is 15.3 Å². The molecule has 0 bridgehead atoms. The fourth-order valence-electron chi connectivity index (χ4n) is 4.21. The monoisotopic (exact) mass is 557 g/mol. The van der Waals surface area contributed by atoms with Gasteiger partial charge in [-0.2, -0.15) is 4.39 Å². The van der Waals surface area contributed by atoms with Gasteiger partial charge >= 0.3 is 0 Å². The molecule has 1 atom stereocenters. The number of amidine groups is 1. The number of carbonyl (C=O) groups is 1. The standard InChI is InChI=1S/C30H29F2N7O2/c1-4-41-23-15-14-21(25(31)26(23)32)27(33)24-28(34)35-17-36-29(24)37-18(2)30(39(3)20-11-6-5-7-12-20)38-22-13-9-8-10-19(22)16-40/h5-18,33H,4H2,1-3H3,(H3,34,35,36,37)/b33-27?,38-30-. The zero-order chi connectivity index (χ0) is 29.5. The predicted octanol–water partition coefficient (Wildman–Crippen LogP) is 5.63. The van der Waals surface area contributed by atoms with Crippen LogP contribution in [0.4, 0.5) is 31.8 Å². The molecule has 1 heterocycles. The maximum atomic E-state index is 15.0. The summed E-state index contributed by atoms with van der Waals surface area (Å²) < 4.78 is 34.8. The number of halogens is 2. The largest absolute Gasteiger partial charge is 0.491 e. The van der Waals surface area contributed by atoms with Crippen LogP contribution in [0.2, 0.25) is 0 Å². The normalized spacial score (nSPS) is 12.0. The minimum atomic E-state index is -1.25. The molecule has 1 aromatic heterocycles. The number of nitrogens with zero attached hydrogens (tertiary/aromatic N) is 4. The third-order valence-corrected chi connectivity index (χ3v) is 6.27. The van der Waals surface area contributed by atoms with Gasteiger partial charge in [0.05, 0.1) is 29.6 Å². The molecule has 4 N–H and O–H groups in total. The number of para-hydroxylation sites is 2. The van der Waals surface area contributed by atoms with Crippen molar-refractivity contribution in [3.8, 4) is 5.75 Å². The van der Waals surface area contributed by atoms with Crippen LogP contribution in [-0.2, 0) is 0 Å². The summed E-state index contributed by atoms with van der Waals surface area (Å²) in [5.41, 5.74) is 7.05. The van der Waals surface area contributed by atoms with Crippen LogP contribution in [0.15, 0.2) is 78.0 Å². The summed E-state index contributed by atoms with van der Waals surface area (Å²) in [6.07, 6.45) is 1.93. The van der Waals surface area contributed by atoms with E-state index in [9.17, 15) is 9.18 Å². The molecule has 0 spiro atoms. The van der Waals surface area contributed by atoms with Crippen molar-refractivity contribution in [2.75, 3.05) is 29.6 Å². The lowest BCUT2D eigenvalue weighted by Gasteiger charge is -2.28. The molecule has 0 aliphatic carbocycles. The minimum Gasteiger partial charge on any atom is -0.491 e. The number of likely N-dealkylation sites (N-methyl/N-ethyl adjacent to an activating group) is 1. The lowest BCUT2D eigenvalue weighted by molar-refractivity contribution is 0.112. The SMILES string of the molecule is CCOc1ccc(C(=N)c2c(N)ncnc2NC(C)/C(=N/c2ccccc2C=O)N(C)c2ccccc2)c(F)c1F. The molecule has 0 aliphatic rings. The Morgan fingerprint density at radius 3 is 2.51 bits per heavy atom. The molecule has 3 aromatic carbocycles. The quantitative estimate of drug-likeness (QED) is 0.131. The highest BCUT2D eigenvalue weighted by atomic mass is 19.2. The Labute approximate surface area is 236 Å². The Hall–Kier alpha value is -5.19. The Balaban J connectivity index is 1.76. The first-order chi connectivity index (χ1) is 19.8. The van der Waals surface area contributed by atoms with Crippen molar-refractivity contribution in [1.82, 2.24) is 9.97 Å². The van der Waals surface area contributed by atoms with Crippen molar-refractivity contribution in [3.63, 3.8) is 0 Å². The summed E-state index contributed by atoms with van der Waals surface area (Å²) in [7, 11) is 1.82. The Morgan fingerprint density at radius 1 is 1.10 bits per heavy atom. The molecule has 0 saturated heterocycles. The number of aldehydes is 1. The van der Waals surface area contributed by atoms with Crippen LogP contribution in [0.3, 0.4) is 0 Å². The summed E-state index contributed by atoms with van der Waals surface area (Å²) in [5.74, 6) is -2.21. The van der Waals surface area contributed by atoms with Gasteiger partial charge in [-0.3, -0.25) is 10.2 Å². The Kier molecular flexibility index (Phi) is 8.98. The highest BCUT2D eigenvalue weighted by Crippen LogP contribution is 2.29. The van der Waals surface area contributed by atoms with Gasteiger partial charge < -0.3 is 20.7 Å². The maximum Gasteiger partial charge on any atom is 0.201 e. The summed E-state index contributed by atoms with van der Waals surface area (Å²) in [4.78, 5) is 26.6. The number of ether oxygens (including phenoxy) is 1.